The number of furan rings is 1. The molecule has 0 unspecified atom stereocenters. The van der Waals surface area contributed by atoms with Crippen LogP contribution >= 0.6 is 0 Å². The van der Waals surface area contributed by atoms with Crippen LogP contribution in [0.15, 0.2) is 22.3 Å². The van der Waals surface area contributed by atoms with Crippen molar-refractivity contribution >= 4 is 5.97 Å². The van der Waals surface area contributed by atoms with Gasteiger partial charge in [0.2, 0.25) is 0 Å². The summed E-state index contributed by atoms with van der Waals surface area (Å²) in [5.74, 6) is 0.446. The fraction of sp³-hybridized carbons (Fsp3) is 0.650. The van der Waals surface area contributed by atoms with Crippen LogP contribution in [0.1, 0.15) is 63.5 Å². The van der Waals surface area contributed by atoms with Gasteiger partial charge >= 0.3 is 5.97 Å². The lowest BCUT2D eigenvalue weighted by Gasteiger charge is -2.54. The van der Waals surface area contributed by atoms with Gasteiger partial charge in [0.15, 0.2) is 0 Å². The summed E-state index contributed by atoms with van der Waals surface area (Å²) in [5, 5.41) is 11.3. The number of esters is 1. The van der Waals surface area contributed by atoms with E-state index in [1.807, 2.05) is 27.7 Å². The lowest BCUT2D eigenvalue weighted by molar-refractivity contribution is -0.200. The second kappa shape index (κ2) is 4.98. The molecule has 2 fully saturated rings. The molecule has 0 bridgehead atoms. The number of fused-ring (bicyclic) bond motifs is 1. The van der Waals surface area contributed by atoms with Gasteiger partial charge in [0.25, 0.3) is 0 Å². The maximum atomic E-state index is 12.6. The minimum absolute atomic E-state index is 0.0836. The second-order valence-electron chi connectivity index (χ2n) is 8.20. The highest BCUT2D eigenvalue weighted by Gasteiger charge is 2.79. The van der Waals surface area contributed by atoms with E-state index in [1.165, 1.54) is 0 Å². The molecule has 3 aliphatic rings. The molecule has 5 heteroatoms. The Kier molecular flexibility index (Phi) is 3.36. The zero-order valence-electron chi connectivity index (χ0n) is 15.5. The number of epoxide rings is 1. The van der Waals surface area contributed by atoms with Gasteiger partial charge in [-0.25, -0.2) is 4.79 Å². The van der Waals surface area contributed by atoms with Crippen molar-refractivity contribution in [2.45, 2.75) is 77.3 Å². The third-order valence-electron chi connectivity index (χ3n) is 7.00. The van der Waals surface area contributed by atoms with Crippen LogP contribution in [-0.2, 0) is 20.7 Å². The van der Waals surface area contributed by atoms with Crippen molar-refractivity contribution in [1.82, 2.24) is 0 Å². The number of allylic oxidation sites excluding steroid dienone is 1. The first-order valence-electron chi connectivity index (χ1n) is 8.99. The minimum atomic E-state index is -1.00. The van der Waals surface area contributed by atoms with Crippen LogP contribution < -0.4 is 0 Å². The summed E-state index contributed by atoms with van der Waals surface area (Å²) in [6.07, 6.45) is 4.98. The average molecular weight is 346 g/mol. The van der Waals surface area contributed by atoms with Crippen molar-refractivity contribution in [1.29, 1.82) is 0 Å². The highest BCUT2D eigenvalue weighted by molar-refractivity contribution is 5.88. The molecule has 5 nitrogen and oxygen atoms in total. The number of carbonyl (C=O) groups is 1. The summed E-state index contributed by atoms with van der Waals surface area (Å²) in [6, 6.07) is 0. The topological polar surface area (TPSA) is 72.2 Å². The van der Waals surface area contributed by atoms with Gasteiger partial charge in [-0.2, -0.15) is 0 Å². The lowest BCUT2D eigenvalue weighted by atomic mass is 9.51. The number of rotatable bonds is 2. The summed E-state index contributed by atoms with van der Waals surface area (Å²) >= 11 is 0. The largest absolute Gasteiger partial charge is 0.469 e. The van der Waals surface area contributed by atoms with E-state index in [1.54, 1.807) is 19.3 Å². The van der Waals surface area contributed by atoms with Crippen LogP contribution in [0.2, 0.25) is 0 Å². The maximum Gasteiger partial charge on any atom is 0.334 e. The Labute approximate surface area is 148 Å². The van der Waals surface area contributed by atoms with Crippen molar-refractivity contribution in [2.24, 2.45) is 5.41 Å². The number of hydrogen-bond donors (Lipinski definition) is 1. The zero-order chi connectivity index (χ0) is 18.2. The molecule has 0 aromatic carbocycles. The van der Waals surface area contributed by atoms with Gasteiger partial charge in [-0.15, -0.1) is 0 Å². The number of aliphatic hydroxyl groups is 1. The molecule has 2 heterocycles. The molecule has 2 aliphatic carbocycles. The Bertz CT molecular complexity index is 773. The molecule has 1 saturated heterocycles. The van der Waals surface area contributed by atoms with Gasteiger partial charge in [-0.1, -0.05) is 13.0 Å². The van der Waals surface area contributed by atoms with E-state index >= 15 is 0 Å². The highest BCUT2D eigenvalue weighted by atomic mass is 16.6. The molecule has 1 aromatic rings. The normalized spacial score (nSPS) is 42.2. The summed E-state index contributed by atoms with van der Waals surface area (Å²) < 4.78 is 17.9. The van der Waals surface area contributed by atoms with Gasteiger partial charge in [0.1, 0.15) is 17.5 Å². The molecule has 0 radical (unpaired) electrons. The molecule has 136 valence electrons. The molecule has 0 amide bonds. The molecule has 1 aromatic heterocycles. The smallest absolute Gasteiger partial charge is 0.334 e. The molecule has 1 N–H and O–H groups in total. The monoisotopic (exact) mass is 346 g/mol. The van der Waals surface area contributed by atoms with Gasteiger partial charge in [0, 0.05) is 17.6 Å². The highest BCUT2D eigenvalue weighted by Crippen LogP contribution is 2.70. The molecule has 1 aliphatic heterocycles. The van der Waals surface area contributed by atoms with Crippen molar-refractivity contribution in [3.63, 3.8) is 0 Å². The number of carbonyl (C=O) groups excluding carboxylic acids is 1. The van der Waals surface area contributed by atoms with Crippen LogP contribution in [0, 0.1) is 12.3 Å². The molecular weight excluding hydrogens is 320 g/mol. The Hall–Kier alpha value is -1.59. The van der Waals surface area contributed by atoms with E-state index < -0.39 is 22.7 Å². The quantitative estimate of drug-likeness (QED) is 0.505. The van der Waals surface area contributed by atoms with E-state index in [0.29, 0.717) is 18.4 Å². The van der Waals surface area contributed by atoms with Gasteiger partial charge < -0.3 is 19.0 Å². The second-order valence-corrected chi connectivity index (χ2v) is 8.20. The summed E-state index contributed by atoms with van der Waals surface area (Å²) in [6.45, 7) is 9.35. The number of hydrogen-bond acceptors (Lipinski definition) is 5. The predicted molar refractivity (Wildman–Crippen MR) is 91.0 cm³/mol. The third kappa shape index (κ3) is 1.94. The minimum Gasteiger partial charge on any atom is -0.469 e. The van der Waals surface area contributed by atoms with Gasteiger partial charge in [0.05, 0.1) is 23.4 Å². The predicted octanol–water partition coefficient (Wildman–Crippen LogP) is 3.38. The Morgan fingerprint density at radius 3 is 2.84 bits per heavy atom. The standard InChI is InChI=1S/C20H26O5/c1-6-11(2)17(21)24-16-15-12(3)10-23-13(15)9-20-14(25-20)7-8-18(4,22)19(16,20)5/h6,10,14,16,22H,7-9H2,1-5H3/b11-6+/t14-,16-,18-,19-,20-/m1/s1. The average Bonchev–Trinajstić information content (AvgIpc) is 3.16. The number of ether oxygens (including phenoxy) is 2. The van der Waals surface area contributed by atoms with E-state index in [-0.39, 0.29) is 12.1 Å². The van der Waals surface area contributed by atoms with Crippen molar-refractivity contribution in [3.05, 3.63) is 34.8 Å². The Balaban J connectivity index is 1.88. The van der Waals surface area contributed by atoms with Crippen LogP contribution in [-0.4, -0.2) is 28.4 Å². The first-order chi connectivity index (χ1) is 11.7. The van der Waals surface area contributed by atoms with Crippen molar-refractivity contribution < 1.29 is 23.8 Å². The fourth-order valence-electron chi connectivity index (χ4n) is 4.96. The van der Waals surface area contributed by atoms with Crippen LogP contribution in [0.3, 0.4) is 0 Å². The molecular formula is C20H26O5. The van der Waals surface area contributed by atoms with Gasteiger partial charge in [-0.3, -0.25) is 0 Å². The van der Waals surface area contributed by atoms with Crippen molar-refractivity contribution in [3.8, 4) is 0 Å². The van der Waals surface area contributed by atoms with E-state index in [9.17, 15) is 9.90 Å². The molecule has 25 heavy (non-hydrogen) atoms. The SMILES string of the molecule is C/C=C(\C)C(=O)O[C@@H]1c2c(C)coc2C[C@@]23O[C@@H]2CC[C@@](C)(O)[C@@]13C. The molecule has 4 rings (SSSR count). The maximum absolute atomic E-state index is 12.6. The zero-order valence-corrected chi connectivity index (χ0v) is 15.5. The van der Waals surface area contributed by atoms with Crippen LogP contribution in [0.5, 0.6) is 0 Å². The first-order valence-corrected chi connectivity index (χ1v) is 8.99. The Morgan fingerprint density at radius 1 is 1.44 bits per heavy atom. The van der Waals surface area contributed by atoms with Crippen LogP contribution in [0.4, 0.5) is 0 Å². The fourth-order valence-corrected chi connectivity index (χ4v) is 4.96. The lowest BCUT2D eigenvalue weighted by Crippen LogP contribution is -2.63. The summed E-state index contributed by atoms with van der Waals surface area (Å²) in [7, 11) is 0. The van der Waals surface area contributed by atoms with E-state index in [4.69, 9.17) is 13.9 Å². The first kappa shape index (κ1) is 16.9. The number of aryl methyl sites for hydroxylation is 1. The van der Waals surface area contributed by atoms with Gasteiger partial charge in [-0.05, 0) is 46.1 Å². The summed E-state index contributed by atoms with van der Waals surface area (Å²) in [4.78, 5) is 12.6. The van der Waals surface area contributed by atoms with E-state index in [2.05, 4.69) is 0 Å². The molecule has 5 atom stereocenters. The Morgan fingerprint density at radius 2 is 2.16 bits per heavy atom. The van der Waals surface area contributed by atoms with Crippen LogP contribution in [0.25, 0.3) is 0 Å². The summed E-state index contributed by atoms with van der Waals surface area (Å²) in [5.41, 5.74) is 0.127. The van der Waals surface area contributed by atoms with E-state index in [0.717, 1.165) is 23.3 Å². The molecule has 1 spiro atoms. The third-order valence-corrected chi connectivity index (χ3v) is 7.00. The molecule has 1 saturated carbocycles. The van der Waals surface area contributed by atoms with Crippen molar-refractivity contribution in [2.75, 3.05) is 0 Å².